The van der Waals surface area contributed by atoms with Crippen LogP contribution in [0.5, 0.6) is 5.75 Å². The van der Waals surface area contributed by atoms with Crippen LogP contribution in [0.15, 0.2) is 59.5 Å². The topological polar surface area (TPSA) is 52.6 Å². The summed E-state index contributed by atoms with van der Waals surface area (Å²) >= 11 is 0. The molecule has 0 saturated carbocycles. The van der Waals surface area contributed by atoms with Gasteiger partial charge in [-0.1, -0.05) is 30.3 Å². The number of sulfone groups is 1. The summed E-state index contributed by atoms with van der Waals surface area (Å²) < 4.78 is 34.8. The average Bonchev–Trinajstić information content (AvgIpc) is 2.53. The van der Waals surface area contributed by atoms with Crippen molar-refractivity contribution in [1.29, 1.82) is 0 Å². The normalized spacial score (nSPS) is 12.9. The molecule has 5 heteroatoms. The maximum atomic E-state index is 12.1. The molecule has 0 N–H and O–H groups in total. The molecule has 21 heavy (non-hydrogen) atoms. The summed E-state index contributed by atoms with van der Waals surface area (Å²) in [6, 6.07) is 15.7. The maximum absolute atomic E-state index is 12.1. The zero-order valence-electron chi connectivity index (χ0n) is 12.0. The Morgan fingerprint density at radius 1 is 1.00 bits per heavy atom. The van der Waals surface area contributed by atoms with Crippen LogP contribution < -0.4 is 4.74 Å². The molecule has 0 aliphatic rings. The van der Waals surface area contributed by atoms with E-state index in [0.29, 0.717) is 0 Å². The Balaban J connectivity index is 2.01. The third kappa shape index (κ3) is 4.06. The molecular weight excluding hydrogens is 288 g/mol. The van der Waals surface area contributed by atoms with Gasteiger partial charge in [0.15, 0.2) is 5.94 Å². The quantitative estimate of drug-likeness (QED) is 0.822. The number of rotatable bonds is 6. The van der Waals surface area contributed by atoms with Gasteiger partial charge in [0.25, 0.3) is 0 Å². The van der Waals surface area contributed by atoms with Crippen LogP contribution in [0.4, 0.5) is 0 Å². The van der Waals surface area contributed by atoms with E-state index in [-0.39, 0.29) is 16.9 Å². The summed E-state index contributed by atoms with van der Waals surface area (Å²) in [6.45, 7) is 1.82. The summed E-state index contributed by atoms with van der Waals surface area (Å²) in [4.78, 5) is 0.270. The first-order valence-corrected chi connectivity index (χ1v) is 8.21. The van der Waals surface area contributed by atoms with E-state index in [9.17, 15) is 8.42 Å². The molecule has 0 bridgehead atoms. The monoisotopic (exact) mass is 306 g/mol. The molecule has 2 rings (SSSR count). The molecule has 0 saturated heterocycles. The van der Waals surface area contributed by atoms with Gasteiger partial charge in [0.05, 0.1) is 18.1 Å². The lowest BCUT2D eigenvalue weighted by atomic mass is 10.1. The highest BCUT2D eigenvalue weighted by atomic mass is 32.2. The minimum atomic E-state index is -3.42. The minimum Gasteiger partial charge on any atom is -0.497 e. The fraction of sp³-hybridized carbons (Fsp3) is 0.250. The lowest BCUT2D eigenvalue weighted by Crippen LogP contribution is -2.12. The highest BCUT2D eigenvalue weighted by Gasteiger charge is 2.16. The smallest absolute Gasteiger partial charge is 0.202 e. The van der Waals surface area contributed by atoms with E-state index in [1.807, 2.05) is 31.2 Å². The summed E-state index contributed by atoms with van der Waals surface area (Å²) in [5, 5.41) is 0. The molecule has 2 aromatic carbocycles. The van der Waals surface area contributed by atoms with Gasteiger partial charge < -0.3 is 9.47 Å². The van der Waals surface area contributed by atoms with Gasteiger partial charge in [-0.2, -0.15) is 0 Å². The first kappa shape index (κ1) is 15.5. The predicted octanol–water partition coefficient (Wildman–Crippen LogP) is 3.20. The average molecular weight is 306 g/mol. The van der Waals surface area contributed by atoms with Crippen molar-refractivity contribution in [3.8, 4) is 5.75 Å². The first-order valence-electron chi connectivity index (χ1n) is 6.56. The number of ether oxygens (including phenoxy) is 2. The minimum absolute atomic E-state index is 0.270. The van der Waals surface area contributed by atoms with Gasteiger partial charge in [-0.25, -0.2) is 8.42 Å². The van der Waals surface area contributed by atoms with Crippen molar-refractivity contribution in [3.05, 3.63) is 60.2 Å². The van der Waals surface area contributed by atoms with E-state index < -0.39 is 9.84 Å². The second-order valence-corrected chi connectivity index (χ2v) is 6.56. The van der Waals surface area contributed by atoms with E-state index in [2.05, 4.69) is 0 Å². The Kier molecular flexibility index (Phi) is 4.98. The molecule has 0 aliphatic heterocycles. The van der Waals surface area contributed by atoms with Crippen LogP contribution >= 0.6 is 0 Å². The molecular formula is C16H18O4S. The first-order chi connectivity index (χ1) is 10.0. The second kappa shape index (κ2) is 6.74. The van der Waals surface area contributed by atoms with Gasteiger partial charge in [0.1, 0.15) is 5.75 Å². The Morgan fingerprint density at radius 2 is 1.62 bits per heavy atom. The summed E-state index contributed by atoms with van der Waals surface area (Å²) in [5.74, 6) is 0.410. The third-order valence-corrected chi connectivity index (χ3v) is 4.60. The van der Waals surface area contributed by atoms with Crippen molar-refractivity contribution in [1.82, 2.24) is 0 Å². The molecule has 0 heterocycles. The lowest BCUT2D eigenvalue weighted by Gasteiger charge is -2.14. The molecule has 4 nitrogen and oxygen atoms in total. The Morgan fingerprint density at radius 3 is 2.19 bits per heavy atom. The molecule has 2 aromatic rings. The molecule has 0 amide bonds. The summed E-state index contributed by atoms with van der Waals surface area (Å²) in [7, 11) is -1.82. The lowest BCUT2D eigenvalue weighted by molar-refractivity contribution is 0.101. The molecule has 1 unspecified atom stereocenters. The van der Waals surface area contributed by atoms with Crippen LogP contribution in [-0.2, 0) is 14.6 Å². The number of methoxy groups -OCH3 is 1. The van der Waals surface area contributed by atoms with Gasteiger partial charge in [-0.3, -0.25) is 0 Å². The third-order valence-electron chi connectivity index (χ3n) is 3.16. The number of benzene rings is 2. The summed E-state index contributed by atoms with van der Waals surface area (Å²) in [6.07, 6.45) is -0.311. The van der Waals surface area contributed by atoms with Gasteiger partial charge in [-0.05, 0) is 36.8 Å². The van der Waals surface area contributed by atoms with Gasteiger partial charge in [0.2, 0.25) is 9.84 Å². The summed E-state index contributed by atoms with van der Waals surface area (Å²) in [5.41, 5.74) is 0.902. The van der Waals surface area contributed by atoms with E-state index >= 15 is 0 Å². The van der Waals surface area contributed by atoms with Gasteiger partial charge in [-0.15, -0.1) is 0 Å². The van der Waals surface area contributed by atoms with E-state index in [1.54, 1.807) is 37.4 Å². The van der Waals surface area contributed by atoms with Crippen molar-refractivity contribution in [2.24, 2.45) is 0 Å². The molecule has 0 spiro atoms. The van der Waals surface area contributed by atoms with Crippen LogP contribution in [-0.4, -0.2) is 21.5 Å². The van der Waals surface area contributed by atoms with E-state index in [0.717, 1.165) is 11.3 Å². The van der Waals surface area contributed by atoms with Crippen LogP contribution in [0, 0.1) is 0 Å². The molecule has 0 aromatic heterocycles. The Hall–Kier alpha value is -1.85. The number of hydrogen-bond acceptors (Lipinski definition) is 4. The van der Waals surface area contributed by atoms with Crippen molar-refractivity contribution in [3.63, 3.8) is 0 Å². The standard InChI is InChI=1S/C16H18O4S/c1-13(14-8-10-15(19-2)11-9-14)20-12-21(17,18)16-6-4-3-5-7-16/h3-11,13H,12H2,1-2H3. The highest BCUT2D eigenvalue weighted by molar-refractivity contribution is 7.91. The molecule has 112 valence electrons. The molecule has 0 radical (unpaired) electrons. The SMILES string of the molecule is COc1ccc(C(C)OCS(=O)(=O)c2ccccc2)cc1. The van der Waals surface area contributed by atoms with Crippen molar-refractivity contribution >= 4 is 9.84 Å². The van der Waals surface area contributed by atoms with Crippen molar-refractivity contribution in [2.75, 3.05) is 13.0 Å². The number of hydrogen-bond donors (Lipinski definition) is 0. The predicted molar refractivity (Wildman–Crippen MR) is 81.0 cm³/mol. The largest absolute Gasteiger partial charge is 0.497 e. The fourth-order valence-corrected chi connectivity index (χ4v) is 2.95. The van der Waals surface area contributed by atoms with E-state index in [4.69, 9.17) is 9.47 Å². The fourth-order valence-electron chi connectivity index (χ4n) is 1.86. The second-order valence-electron chi connectivity index (χ2n) is 4.63. The van der Waals surface area contributed by atoms with E-state index in [1.165, 1.54) is 0 Å². The van der Waals surface area contributed by atoms with Crippen molar-refractivity contribution in [2.45, 2.75) is 17.9 Å². The van der Waals surface area contributed by atoms with Crippen LogP contribution in [0.1, 0.15) is 18.6 Å². The van der Waals surface area contributed by atoms with Gasteiger partial charge in [0, 0.05) is 0 Å². The van der Waals surface area contributed by atoms with Crippen molar-refractivity contribution < 1.29 is 17.9 Å². The molecule has 1 atom stereocenters. The molecule has 0 aliphatic carbocycles. The van der Waals surface area contributed by atoms with Crippen LogP contribution in [0.3, 0.4) is 0 Å². The maximum Gasteiger partial charge on any atom is 0.202 e. The zero-order chi connectivity index (χ0) is 15.3. The van der Waals surface area contributed by atoms with Crippen LogP contribution in [0.2, 0.25) is 0 Å². The van der Waals surface area contributed by atoms with Crippen LogP contribution in [0.25, 0.3) is 0 Å². The Labute approximate surface area is 125 Å². The highest BCUT2D eigenvalue weighted by Crippen LogP contribution is 2.21. The Bertz CT molecular complexity index is 663. The zero-order valence-corrected chi connectivity index (χ0v) is 12.8. The molecule has 0 fully saturated rings. The van der Waals surface area contributed by atoms with Gasteiger partial charge >= 0.3 is 0 Å².